The molecule has 1 unspecified atom stereocenters. The molecule has 0 aromatic heterocycles. The number of benzene rings is 1. The van der Waals surface area contributed by atoms with Crippen LogP contribution in [0, 0.1) is 13.8 Å². The molecule has 0 saturated carbocycles. The number of methoxy groups -OCH3 is 1. The van der Waals surface area contributed by atoms with E-state index in [4.69, 9.17) is 17.0 Å². The fourth-order valence-electron chi connectivity index (χ4n) is 1.78. The van der Waals surface area contributed by atoms with Crippen LogP contribution in [0.5, 0.6) is 5.75 Å². The predicted octanol–water partition coefficient (Wildman–Crippen LogP) is 5.49. The largest absolute Gasteiger partial charge is 0.496 e. The van der Waals surface area contributed by atoms with E-state index in [9.17, 15) is 0 Å². The summed E-state index contributed by atoms with van der Waals surface area (Å²) in [5.41, 5.74) is 3.73. The zero-order valence-corrected chi connectivity index (χ0v) is 14.0. The fourth-order valence-corrected chi connectivity index (χ4v) is 4.19. The first-order chi connectivity index (χ1) is 8.49. The molecule has 18 heavy (non-hydrogen) atoms. The van der Waals surface area contributed by atoms with E-state index in [-0.39, 0.29) is 0 Å². The van der Waals surface area contributed by atoms with Crippen molar-refractivity contribution in [3.8, 4) is 5.75 Å². The van der Waals surface area contributed by atoms with E-state index in [0.717, 1.165) is 16.4 Å². The van der Waals surface area contributed by atoms with Gasteiger partial charge in [0, 0.05) is 5.25 Å². The quantitative estimate of drug-likeness (QED) is 0.525. The van der Waals surface area contributed by atoms with Gasteiger partial charge in [0.15, 0.2) is 0 Å². The second kappa shape index (κ2) is 7.41. The molecular formula is C14H20OS3. The Bertz CT molecular complexity index is 406. The SMILES string of the molecule is CCC(=S)SSC(C)c1cc(C)c(OC)c(C)c1. The van der Waals surface area contributed by atoms with Crippen LogP contribution in [-0.2, 0) is 0 Å². The minimum absolute atomic E-state index is 0.433. The molecule has 0 radical (unpaired) electrons. The van der Waals surface area contributed by atoms with Gasteiger partial charge < -0.3 is 4.74 Å². The van der Waals surface area contributed by atoms with Gasteiger partial charge in [-0.1, -0.05) is 42.1 Å². The van der Waals surface area contributed by atoms with Gasteiger partial charge in [-0.2, -0.15) is 0 Å². The molecule has 4 heteroatoms. The molecule has 0 fully saturated rings. The van der Waals surface area contributed by atoms with E-state index >= 15 is 0 Å². The van der Waals surface area contributed by atoms with E-state index < -0.39 is 0 Å². The lowest BCUT2D eigenvalue weighted by Crippen LogP contribution is -1.95. The monoisotopic (exact) mass is 300 g/mol. The van der Waals surface area contributed by atoms with Crippen molar-refractivity contribution in [2.45, 2.75) is 39.4 Å². The first-order valence-corrected chi connectivity index (χ1v) is 8.63. The van der Waals surface area contributed by atoms with Crippen LogP contribution in [0.25, 0.3) is 0 Å². The Morgan fingerprint density at radius 3 is 2.33 bits per heavy atom. The maximum absolute atomic E-state index is 5.39. The van der Waals surface area contributed by atoms with Crippen molar-refractivity contribution in [3.63, 3.8) is 0 Å². The summed E-state index contributed by atoms with van der Waals surface area (Å²) in [6.07, 6.45) is 0.959. The Morgan fingerprint density at radius 1 is 1.33 bits per heavy atom. The Labute approximate surface area is 123 Å². The molecule has 100 valence electrons. The zero-order chi connectivity index (χ0) is 13.7. The van der Waals surface area contributed by atoms with Gasteiger partial charge in [-0.3, -0.25) is 0 Å². The highest BCUT2D eigenvalue weighted by molar-refractivity contribution is 8.83. The number of hydrogen-bond donors (Lipinski definition) is 0. The van der Waals surface area contributed by atoms with Gasteiger partial charge in [0.2, 0.25) is 0 Å². The van der Waals surface area contributed by atoms with E-state index in [0.29, 0.717) is 5.25 Å². The number of rotatable bonds is 5. The Hall–Kier alpha value is -0.190. The molecule has 0 amide bonds. The lowest BCUT2D eigenvalue weighted by atomic mass is 10.0. The molecule has 0 N–H and O–H groups in total. The highest BCUT2D eigenvalue weighted by atomic mass is 33.1. The van der Waals surface area contributed by atoms with Crippen molar-refractivity contribution < 1.29 is 4.74 Å². The molecule has 1 aromatic rings. The lowest BCUT2D eigenvalue weighted by molar-refractivity contribution is 0.408. The number of hydrogen-bond acceptors (Lipinski definition) is 4. The first kappa shape index (κ1) is 15.9. The summed E-state index contributed by atoms with van der Waals surface area (Å²) in [4.78, 5) is 0. The van der Waals surface area contributed by atoms with Gasteiger partial charge in [0.05, 0.1) is 11.3 Å². The maximum atomic E-state index is 5.39. The van der Waals surface area contributed by atoms with E-state index in [2.05, 4.69) is 39.8 Å². The van der Waals surface area contributed by atoms with Crippen LogP contribution in [-0.4, -0.2) is 11.3 Å². The third kappa shape index (κ3) is 4.18. The molecule has 0 bridgehead atoms. The van der Waals surface area contributed by atoms with Crippen molar-refractivity contribution in [1.29, 1.82) is 0 Å². The molecule has 0 spiro atoms. The van der Waals surface area contributed by atoms with E-state index in [1.54, 1.807) is 17.9 Å². The van der Waals surface area contributed by atoms with Gasteiger partial charge in [-0.25, -0.2) is 0 Å². The molecular weight excluding hydrogens is 280 g/mol. The summed E-state index contributed by atoms with van der Waals surface area (Å²) in [6, 6.07) is 4.41. The van der Waals surface area contributed by atoms with Crippen molar-refractivity contribution in [1.82, 2.24) is 0 Å². The molecule has 0 aliphatic carbocycles. The summed E-state index contributed by atoms with van der Waals surface area (Å²) in [7, 11) is 5.27. The van der Waals surface area contributed by atoms with Crippen molar-refractivity contribution in [2.75, 3.05) is 7.11 Å². The maximum Gasteiger partial charge on any atom is 0.124 e. The summed E-state index contributed by atoms with van der Waals surface area (Å²) in [6.45, 7) is 8.51. The van der Waals surface area contributed by atoms with Gasteiger partial charge in [-0.05, 0) is 54.7 Å². The third-order valence-electron chi connectivity index (χ3n) is 2.73. The Kier molecular flexibility index (Phi) is 6.53. The molecule has 1 atom stereocenters. The molecule has 1 rings (SSSR count). The second-order valence-electron chi connectivity index (χ2n) is 4.24. The highest BCUT2D eigenvalue weighted by Crippen LogP contribution is 2.40. The third-order valence-corrected chi connectivity index (χ3v) is 6.48. The van der Waals surface area contributed by atoms with Crippen molar-refractivity contribution in [3.05, 3.63) is 28.8 Å². The van der Waals surface area contributed by atoms with Crippen molar-refractivity contribution >= 4 is 38.0 Å². The average Bonchev–Trinajstić information content (AvgIpc) is 2.34. The first-order valence-electron chi connectivity index (χ1n) is 6.00. The van der Waals surface area contributed by atoms with Crippen molar-refractivity contribution in [2.24, 2.45) is 0 Å². The Morgan fingerprint density at radius 2 is 1.89 bits per heavy atom. The van der Waals surface area contributed by atoms with Crippen LogP contribution < -0.4 is 4.74 Å². The summed E-state index contributed by atoms with van der Waals surface area (Å²) in [5.74, 6) is 0.993. The van der Waals surface area contributed by atoms with Crippen LogP contribution in [0.4, 0.5) is 0 Å². The zero-order valence-electron chi connectivity index (χ0n) is 11.6. The number of aryl methyl sites for hydroxylation is 2. The molecule has 0 aliphatic rings. The van der Waals surface area contributed by atoms with Crippen LogP contribution >= 0.6 is 33.8 Å². The van der Waals surface area contributed by atoms with Crippen LogP contribution in [0.15, 0.2) is 12.1 Å². The lowest BCUT2D eigenvalue weighted by Gasteiger charge is -2.15. The standard InChI is InChI=1S/C14H20OS3/c1-6-13(16)18-17-11(4)12-7-9(2)14(15-5)10(3)8-12/h7-8,11H,6H2,1-5H3. The molecule has 0 heterocycles. The highest BCUT2D eigenvalue weighted by Gasteiger charge is 2.12. The fraction of sp³-hybridized carbons (Fsp3) is 0.500. The van der Waals surface area contributed by atoms with Gasteiger partial charge in [-0.15, -0.1) is 0 Å². The van der Waals surface area contributed by atoms with Gasteiger partial charge in [0.25, 0.3) is 0 Å². The van der Waals surface area contributed by atoms with Crippen LogP contribution in [0.3, 0.4) is 0 Å². The van der Waals surface area contributed by atoms with Gasteiger partial charge >= 0.3 is 0 Å². The normalized spacial score (nSPS) is 12.3. The number of thiocarbonyl (C=S) groups is 1. The topological polar surface area (TPSA) is 9.23 Å². The Balaban J connectivity index is 2.80. The van der Waals surface area contributed by atoms with Gasteiger partial charge in [0.1, 0.15) is 5.75 Å². The molecule has 0 aliphatic heterocycles. The molecule has 1 aromatic carbocycles. The average molecular weight is 301 g/mol. The number of ether oxygens (including phenoxy) is 1. The second-order valence-corrected chi connectivity index (χ2v) is 7.62. The van der Waals surface area contributed by atoms with Crippen LogP contribution in [0.1, 0.15) is 42.2 Å². The minimum Gasteiger partial charge on any atom is -0.496 e. The molecule has 0 saturated heterocycles. The minimum atomic E-state index is 0.433. The van der Waals surface area contributed by atoms with E-state index in [1.165, 1.54) is 16.7 Å². The summed E-state index contributed by atoms with van der Waals surface area (Å²) in [5, 5.41) is 0.433. The summed E-state index contributed by atoms with van der Waals surface area (Å²) < 4.78 is 6.46. The smallest absolute Gasteiger partial charge is 0.124 e. The molecule has 1 nitrogen and oxygen atoms in total. The predicted molar refractivity (Wildman–Crippen MR) is 89.0 cm³/mol. The summed E-state index contributed by atoms with van der Waals surface area (Å²) >= 11 is 5.24. The van der Waals surface area contributed by atoms with Crippen LogP contribution in [0.2, 0.25) is 0 Å². The van der Waals surface area contributed by atoms with E-state index in [1.807, 2.05) is 10.8 Å².